The first kappa shape index (κ1) is 19.1. The quantitative estimate of drug-likeness (QED) is 0.658. The molecule has 10 heteroatoms. The van der Waals surface area contributed by atoms with Crippen molar-refractivity contribution in [3.63, 3.8) is 0 Å². The van der Waals surface area contributed by atoms with Gasteiger partial charge in [-0.15, -0.1) is 11.3 Å². The number of amides is 1. The Morgan fingerprint density at radius 1 is 1.30 bits per heavy atom. The maximum atomic E-state index is 13.4. The van der Waals surface area contributed by atoms with E-state index in [1.807, 2.05) is 0 Å². The molecule has 2 heterocycles. The van der Waals surface area contributed by atoms with E-state index in [9.17, 15) is 27.9 Å². The molecule has 1 atom stereocenters. The van der Waals surface area contributed by atoms with Crippen molar-refractivity contribution in [2.45, 2.75) is 25.1 Å². The molecule has 2 N–H and O–H groups in total. The lowest BCUT2D eigenvalue weighted by Gasteiger charge is -2.27. The number of aryl methyl sites for hydroxylation is 1. The van der Waals surface area contributed by atoms with Crippen LogP contribution < -0.4 is 10.9 Å². The highest BCUT2D eigenvalue weighted by molar-refractivity contribution is 7.09. The molecule has 1 amide bonds. The summed E-state index contributed by atoms with van der Waals surface area (Å²) in [5.41, 5.74) is -3.16. The van der Waals surface area contributed by atoms with E-state index < -0.39 is 34.7 Å². The summed E-state index contributed by atoms with van der Waals surface area (Å²) in [6.45, 7) is 1.49. The number of thiazole rings is 1. The number of aromatic nitrogens is 1. The van der Waals surface area contributed by atoms with E-state index in [1.165, 1.54) is 42.6 Å². The summed E-state index contributed by atoms with van der Waals surface area (Å²) in [5.74, 6) is -1.04. The average Bonchev–Trinajstić information content (AvgIpc) is 3.01. The molecule has 27 heavy (non-hydrogen) atoms. The van der Waals surface area contributed by atoms with Crippen molar-refractivity contribution in [3.05, 3.63) is 56.8 Å². The van der Waals surface area contributed by atoms with Crippen molar-refractivity contribution in [1.82, 2.24) is 4.98 Å². The van der Waals surface area contributed by atoms with E-state index in [0.717, 1.165) is 0 Å². The second kappa shape index (κ2) is 6.78. The van der Waals surface area contributed by atoms with Crippen LogP contribution in [0.2, 0.25) is 0 Å². The number of rotatable bonds is 4. The second-order valence-corrected chi connectivity index (χ2v) is 6.74. The van der Waals surface area contributed by atoms with E-state index in [4.69, 9.17) is 4.42 Å². The first-order valence-electron chi connectivity index (χ1n) is 7.64. The van der Waals surface area contributed by atoms with Gasteiger partial charge >= 0.3 is 11.8 Å². The fourth-order valence-electron chi connectivity index (χ4n) is 2.43. The molecule has 0 radical (unpaired) electrons. The third kappa shape index (κ3) is 3.86. The van der Waals surface area contributed by atoms with Crippen LogP contribution in [0.25, 0.3) is 11.0 Å². The van der Waals surface area contributed by atoms with Gasteiger partial charge in [0.2, 0.25) is 11.5 Å². The number of carbonyl (C=O) groups excluding carboxylic acids is 1. The van der Waals surface area contributed by atoms with Crippen molar-refractivity contribution in [2.24, 2.45) is 0 Å². The number of hydrogen-bond acceptors (Lipinski definition) is 6. The number of nitrogens with zero attached hydrogens (tertiary/aromatic N) is 1. The lowest BCUT2D eigenvalue weighted by atomic mass is 9.99. The molecule has 142 valence electrons. The SMILES string of the molecule is Cc1csc([C@@](O)(CC(=O)Nc2ccc3oc(=O)ccc3c2)C(F)(F)F)n1. The number of nitrogens with one attached hydrogen (secondary N) is 1. The maximum Gasteiger partial charge on any atom is 0.424 e. The number of anilines is 1. The Morgan fingerprint density at radius 3 is 2.67 bits per heavy atom. The smallest absolute Gasteiger partial charge is 0.423 e. The minimum absolute atomic E-state index is 0.196. The number of aliphatic hydroxyl groups is 1. The predicted molar refractivity (Wildman–Crippen MR) is 92.5 cm³/mol. The molecule has 0 unspecified atom stereocenters. The summed E-state index contributed by atoms with van der Waals surface area (Å²) in [6.07, 6.45) is -6.33. The fraction of sp³-hybridized carbons (Fsp3) is 0.235. The zero-order valence-electron chi connectivity index (χ0n) is 13.8. The zero-order chi connectivity index (χ0) is 19.8. The van der Waals surface area contributed by atoms with Gasteiger partial charge in [-0.3, -0.25) is 4.79 Å². The Morgan fingerprint density at radius 2 is 2.04 bits per heavy atom. The van der Waals surface area contributed by atoms with Gasteiger partial charge in [0.15, 0.2) is 0 Å². The molecule has 0 aliphatic rings. The van der Waals surface area contributed by atoms with Crippen molar-refractivity contribution in [3.8, 4) is 0 Å². The van der Waals surface area contributed by atoms with Gasteiger partial charge in [0.25, 0.3) is 0 Å². The van der Waals surface area contributed by atoms with Gasteiger partial charge < -0.3 is 14.8 Å². The standard InChI is InChI=1S/C17H13F3N2O4S/c1-9-8-27-15(21-9)16(25,17(18,19)20)7-13(23)22-11-3-4-12-10(6-11)2-5-14(24)26-12/h2-6,8,25H,7H2,1H3,(H,22,23)/t16-/m0/s1. The highest BCUT2D eigenvalue weighted by atomic mass is 32.1. The zero-order valence-corrected chi connectivity index (χ0v) is 14.6. The lowest BCUT2D eigenvalue weighted by Crippen LogP contribution is -2.45. The summed E-state index contributed by atoms with van der Waals surface area (Å²) >= 11 is 0.632. The Labute approximate surface area is 154 Å². The van der Waals surface area contributed by atoms with E-state index in [2.05, 4.69) is 10.3 Å². The lowest BCUT2D eigenvalue weighted by molar-refractivity contribution is -0.266. The van der Waals surface area contributed by atoms with Crippen LogP contribution in [0.4, 0.5) is 18.9 Å². The summed E-state index contributed by atoms with van der Waals surface area (Å²) in [5, 5.41) is 13.8. The van der Waals surface area contributed by atoms with Gasteiger partial charge in [-0.05, 0) is 31.2 Å². The van der Waals surface area contributed by atoms with Gasteiger partial charge in [-0.1, -0.05) is 0 Å². The average molecular weight is 398 g/mol. The minimum Gasteiger partial charge on any atom is -0.423 e. The normalized spacial score (nSPS) is 14.1. The van der Waals surface area contributed by atoms with E-state index in [0.29, 0.717) is 22.4 Å². The van der Waals surface area contributed by atoms with E-state index in [1.54, 1.807) is 0 Å². The predicted octanol–water partition coefficient (Wildman–Crippen LogP) is 3.34. The van der Waals surface area contributed by atoms with Crippen molar-refractivity contribution in [1.29, 1.82) is 0 Å². The monoisotopic (exact) mass is 398 g/mol. The van der Waals surface area contributed by atoms with Gasteiger partial charge in [0, 0.05) is 28.2 Å². The van der Waals surface area contributed by atoms with Crippen molar-refractivity contribution in [2.75, 3.05) is 5.32 Å². The summed E-state index contributed by atoms with van der Waals surface area (Å²) < 4.78 is 45.3. The van der Waals surface area contributed by atoms with Gasteiger partial charge in [0.1, 0.15) is 10.6 Å². The number of hydrogen-bond donors (Lipinski definition) is 2. The number of fused-ring (bicyclic) bond motifs is 1. The third-order valence-electron chi connectivity index (χ3n) is 3.76. The molecule has 1 aromatic carbocycles. The highest BCUT2D eigenvalue weighted by Gasteiger charge is 2.58. The molecule has 3 rings (SSSR count). The molecule has 3 aromatic rings. The van der Waals surface area contributed by atoms with Crippen molar-refractivity contribution < 1.29 is 27.5 Å². The summed E-state index contributed by atoms with van der Waals surface area (Å²) in [7, 11) is 0. The number of benzene rings is 1. The summed E-state index contributed by atoms with van der Waals surface area (Å²) in [4.78, 5) is 27.0. The molecule has 0 bridgehead atoms. The van der Waals surface area contributed by atoms with Gasteiger partial charge in [0.05, 0.1) is 6.42 Å². The molecule has 0 saturated carbocycles. The highest BCUT2D eigenvalue weighted by Crippen LogP contribution is 2.43. The Hall–Kier alpha value is -2.72. The van der Waals surface area contributed by atoms with E-state index in [-0.39, 0.29) is 11.3 Å². The largest absolute Gasteiger partial charge is 0.424 e. The van der Waals surface area contributed by atoms with Crippen LogP contribution >= 0.6 is 11.3 Å². The second-order valence-electron chi connectivity index (χ2n) is 5.88. The molecule has 2 aromatic heterocycles. The Balaban J connectivity index is 1.84. The minimum atomic E-state index is -5.08. The number of alkyl halides is 3. The van der Waals surface area contributed by atoms with Gasteiger partial charge in [-0.2, -0.15) is 13.2 Å². The molecule has 0 fully saturated rings. The molecular formula is C17H13F3N2O4S. The van der Waals surface area contributed by atoms with Crippen LogP contribution in [0.1, 0.15) is 17.1 Å². The first-order valence-corrected chi connectivity index (χ1v) is 8.52. The Kier molecular flexibility index (Phi) is 4.79. The van der Waals surface area contributed by atoms with Crippen LogP contribution in [-0.4, -0.2) is 22.2 Å². The fourth-order valence-corrected chi connectivity index (χ4v) is 3.34. The third-order valence-corrected chi connectivity index (χ3v) is 4.87. The van der Waals surface area contributed by atoms with E-state index >= 15 is 0 Å². The van der Waals surface area contributed by atoms with Crippen LogP contribution in [-0.2, 0) is 10.4 Å². The maximum absolute atomic E-state index is 13.4. The molecule has 0 spiro atoms. The van der Waals surface area contributed by atoms with Crippen LogP contribution in [0.3, 0.4) is 0 Å². The van der Waals surface area contributed by atoms with Crippen LogP contribution in [0.15, 0.2) is 44.9 Å². The van der Waals surface area contributed by atoms with Gasteiger partial charge in [-0.25, -0.2) is 9.78 Å². The summed E-state index contributed by atoms with van der Waals surface area (Å²) in [6, 6.07) is 6.87. The molecule has 0 aliphatic heterocycles. The number of halogens is 3. The number of carbonyl (C=O) groups is 1. The topological polar surface area (TPSA) is 92.4 Å². The Bertz CT molecular complexity index is 1060. The molecular weight excluding hydrogens is 385 g/mol. The van der Waals surface area contributed by atoms with Crippen molar-refractivity contribution >= 4 is 33.9 Å². The van der Waals surface area contributed by atoms with Crippen LogP contribution in [0, 0.1) is 6.92 Å². The molecule has 0 saturated heterocycles. The molecule has 0 aliphatic carbocycles. The molecule has 6 nitrogen and oxygen atoms in total. The first-order chi connectivity index (χ1) is 12.6. The van der Waals surface area contributed by atoms with Crippen LogP contribution in [0.5, 0.6) is 0 Å².